The number of nitrogens with one attached hydrogen (secondary N) is 1. The third-order valence-electron chi connectivity index (χ3n) is 3.18. The molecule has 1 aromatic heterocycles. The van der Waals surface area contributed by atoms with Crippen molar-refractivity contribution in [2.24, 2.45) is 5.92 Å². The first kappa shape index (κ1) is 9.37. The molecule has 1 aromatic rings. The molecule has 0 unspecified atom stereocenters. The van der Waals surface area contributed by atoms with Crippen LogP contribution < -0.4 is 10.6 Å². The molecule has 4 heteroatoms. The van der Waals surface area contributed by atoms with Gasteiger partial charge in [0.25, 0.3) is 0 Å². The number of nitrogens with two attached hydrogens (primary N) is 1. The Bertz CT molecular complexity index is 286. The fraction of sp³-hybridized carbons (Fsp3) is 0.700. The highest BCUT2D eigenvalue weighted by Crippen LogP contribution is 2.27. The lowest BCUT2D eigenvalue weighted by Crippen LogP contribution is -2.33. The highest BCUT2D eigenvalue weighted by atomic mass is 15.2. The van der Waals surface area contributed by atoms with Crippen molar-refractivity contribution in [2.45, 2.75) is 26.2 Å². The fourth-order valence-electron chi connectivity index (χ4n) is 2.12. The van der Waals surface area contributed by atoms with E-state index in [2.05, 4.69) is 22.0 Å². The van der Waals surface area contributed by atoms with Gasteiger partial charge in [0, 0.05) is 13.1 Å². The summed E-state index contributed by atoms with van der Waals surface area (Å²) in [5.74, 6) is 1.60. The SMILES string of the molecule is CCC1CCN(c2cn[nH]c2N)CC1. The number of hydrogen-bond acceptors (Lipinski definition) is 3. The fourth-order valence-corrected chi connectivity index (χ4v) is 2.12. The zero-order chi connectivity index (χ0) is 9.97. The molecule has 14 heavy (non-hydrogen) atoms. The van der Waals surface area contributed by atoms with Crippen LogP contribution in [0.15, 0.2) is 6.20 Å². The van der Waals surface area contributed by atoms with Gasteiger partial charge in [0.05, 0.1) is 11.9 Å². The van der Waals surface area contributed by atoms with Gasteiger partial charge in [0.1, 0.15) is 5.82 Å². The molecule has 0 atom stereocenters. The predicted octanol–water partition coefficient (Wildman–Crippen LogP) is 1.62. The van der Waals surface area contributed by atoms with E-state index in [1.807, 2.05) is 6.20 Å². The second-order valence-electron chi connectivity index (χ2n) is 4.01. The van der Waals surface area contributed by atoms with E-state index in [9.17, 15) is 0 Å². The van der Waals surface area contributed by atoms with Crippen molar-refractivity contribution in [2.75, 3.05) is 23.7 Å². The summed E-state index contributed by atoms with van der Waals surface area (Å²) in [6.45, 7) is 4.50. The summed E-state index contributed by atoms with van der Waals surface area (Å²) in [7, 11) is 0. The number of H-pyrrole nitrogens is 1. The van der Waals surface area contributed by atoms with Crippen molar-refractivity contribution >= 4 is 11.5 Å². The molecule has 0 aliphatic carbocycles. The summed E-state index contributed by atoms with van der Waals surface area (Å²) in [5.41, 5.74) is 6.85. The highest BCUT2D eigenvalue weighted by molar-refractivity contribution is 5.62. The van der Waals surface area contributed by atoms with E-state index in [0.717, 1.165) is 24.7 Å². The summed E-state index contributed by atoms with van der Waals surface area (Å²) in [6, 6.07) is 0. The van der Waals surface area contributed by atoms with E-state index in [1.54, 1.807) is 0 Å². The third-order valence-corrected chi connectivity index (χ3v) is 3.18. The number of piperidine rings is 1. The van der Waals surface area contributed by atoms with Gasteiger partial charge in [-0.15, -0.1) is 0 Å². The van der Waals surface area contributed by atoms with Gasteiger partial charge in [-0.05, 0) is 18.8 Å². The average molecular weight is 194 g/mol. The van der Waals surface area contributed by atoms with Crippen LogP contribution in [0, 0.1) is 5.92 Å². The van der Waals surface area contributed by atoms with Crippen molar-refractivity contribution in [1.82, 2.24) is 10.2 Å². The van der Waals surface area contributed by atoms with E-state index in [4.69, 9.17) is 5.73 Å². The van der Waals surface area contributed by atoms with Crippen LogP contribution in [-0.2, 0) is 0 Å². The summed E-state index contributed by atoms with van der Waals surface area (Å²) < 4.78 is 0. The van der Waals surface area contributed by atoms with Gasteiger partial charge in [-0.25, -0.2) is 0 Å². The van der Waals surface area contributed by atoms with Gasteiger partial charge in [-0.1, -0.05) is 13.3 Å². The Kier molecular flexibility index (Phi) is 2.61. The molecule has 1 aliphatic heterocycles. The largest absolute Gasteiger partial charge is 0.382 e. The Hall–Kier alpha value is -1.19. The lowest BCUT2D eigenvalue weighted by atomic mass is 9.94. The van der Waals surface area contributed by atoms with E-state index in [1.165, 1.54) is 19.3 Å². The van der Waals surface area contributed by atoms with Gasteiger partial charge in [0.2, 0.25) is 0 Å². The number of hydrogen-bond donors (Lipinski definition) is 2. The minimum absolute atomic E-state index is 0.694. The lowest BCUT2D eigenvalue weighted by molar-refractivity contribution is 0.395. The Morgan fingerprint density at radius 1 is 1.57 bits per heavy atom. The van der Waals surface area contributed by atoms with Crippen molar-refractivity contribution in [3.8, 4) is 0 Å². The van der Waals surface area contributed by atoms with Crippen LogP contribution in [0.1, 0.15) is 26.2 Å². The van der Waals surface area contributed by atoms with Crippen LogP contribution in [0.3, 0.4) is 0 Å². The number of aromatic nitrogens is 2. The smallest absolute Gasteiger partial charge is 0.142 e. The Balaban J connectivity index is 1.99. The molecule has 0 spiro atoms. The molecule has 1 aliphatic rings. The van der Waals surface area contributed by atoms with Gasteiger partial charge < -0.3 is 10.6 Å². The second kappa shape index (κ2) is 3.90. The number of anilines is 2. The summed E-state index contributed by atoms with van der Waals surface area (Å²) in [5, 5.41) is 6.72. The van der Waals surface area contributed by atoms with Crippen LogP contribution in [0.2, 0.25) is 0 Å². The van der Waals surface area contributed by atoms with Crippen molar-refractivity contribution in [1.29, 1.82) is 0 Å². The van der Waals surface area contributed by atoms with E-state index in [0.29, 0.717) is 5.82 Å². The molecule has 2 heterocycles. The molecule has 0 saturated carbocycles. The standard InChI is InChI=1S/C10H18N4/c1-2-8-3-5-14(6-4-8)9-7-12-13-10(9)11/h7-8H,2-6H2,1H3,(H3,11,12,13). The summed E-state index contributed by atoms with van der Waals surface area (Å²) in [6.07, 6.45) is 5.68. The maximum absolute atomic E-state index is 5.78. The lowest BCUT2D eigenvalue weighted by Gasteiger charge is -2.32. The van der Waals surface area contributed by atoms with Gasteiger partial charge in [-0.2, -0.15) is 5.10 Å². The summed E-state index contributed by atoms with van der Waals surface area (Å²) >= 11 is 0. The molecule has 3 N–H and O–H groups in total. The van der Waals surface area contributed by atoms with E-state index < -0.39 is 0 Å². The summed E-state index contributed by atoms with van der Waals surface area (Å²) in [4.78, 5) is 2.32. The van der Waals surface area contributed by atoms with Crippen LogP contribution in [0.5, 0.6) is 0 Å². The molecular weight excluding hydrogens is 176 g/mol. The molecule has 1 saturated heterocycles. The second-order valence-corrected chi connectivity index (χ2v) is 4.01. The molecule has 2 rings (SSSR count). The van der Waals surface area contributed by atoms with Gasteiger partial charge in [0.15, 0.2) is 0 Å². The average Bonchev–Trinajstić information content (AvgIpc) is 2.65. The quantitative estimate of drug-likeness (QED) is 0.752. The third kappa shape index (κ3) is 1.69. The van der Waals surface area contributed by atoms with Crippen LogP contribution >= 0.6 is 0 Å². The molecular formula is C10H18N4. The first-order chi connectivity index (χ1) is 6.81. The highest BCUT2D eigenvalue weighted by Gasteiger charge is 2.19. The predicted molar refractivity (Wildman–Crippen MR) is 58.2 cm³/mol. The van der Waals surface area contributed by atoms with Crippen molar-refractivity contribution in [3.63, 3.8) is 0 Å². The number of aromatic amines is 1. The molecule has 78 valence electrons. The van der Waals surface area contributed by atoms with Crippen LogP contribution in [-0.4, -0.2) is 23.3 Å². The number of nitrogen functional groups attached to an aromatic ring is 1. The maximum atomic E-state index is 5.78. The Morgan fingerprint density at radius 3 is 2.79 bits per heavy atom. The zero-order valence-corrected chi connectivity index (χ0v) is 8.66. The van der Waals surface area contributed by atoms with Crippen molar-refractivity contribution in [3.05, 3.63) is 6.20 Å². The molecule has 1 fully saturated rings. The Morgan fingerprint density at radius 2 is 2.29 bits per heavy atom. The first-order valence-corrected chi connectivity index (χ1v) is 5.35. The van der Waals surface area contributed by atoms with Gasteiger partial charge >= 0.3 is 0 Å². The van der Waals surface area contributed by atoms with Crippen molar-refractivity contribution < 1.29 is 0 Å². The number of nitrogens with zero attached hydrogens (tertiary/aromatic N) is 2. The van der Waals surface area contributed by atoms with Crippen LogP contribution in [0.25, 0.3) is 0 Å². The topological polar surface area (TPSA) is 57.9 Å². The first-order valence-electron chi connectivity index (χ1n) is 5.35. The maximum Gasteiger partial charge on any atom is 0.142 e. The van der Waals surface area contributed by atoms with E-state index in [-0.39, 0.29) is 0 Å². The number of rotatable bonds is 2. The minimum atomic E-state index is 0.694. The van der Waals surface area contributed by atoms with Crippen LogP contribution in [0.4, 0.5) is 11.5 Å². The van der Waals surface area contributed by atoms with Gasteiger partial charge in [-0.3, -0.25) is 5.10 Å². The van der Waals surface area contributed by atoms with E-state index >= 15 is 0 Å². The minimum Gasteiger partial charge on any atom is -0.382 e. The molecule has 4 nitrogen and oxygen atoms in total. The molecule has 0 aromatic carbocycles. The molecule has 0 bridgehead atoms. The zero-order valence-electron chi connectivity index (χ0n) is 8.66. The molecule has 0 radical (unpaired) electrons. The molecule has 0 amide bonds. The Labute approximate surface area is 84.5 Å². The normalized spacial score (nSPS) is 18.8. The monoisotopic (exact) mass is 194 g/mol.